The van der Waals surface area contributed by atoms with Gasteiger partial charge in [0.05, 0.1) is 5.92 Å². The van der Waals surface area contributed by atoms with Gasteiger partial charge in [-0.15, -0.1) is 0 Å². The van der Waals surface area contributed by atoms with Crippen molar-refractivity contribution in [2.75, 3.05) is 13.1 Å². The third-order valence-electron chi connectivity index (χ3n) is 3.11. The van der Waals surface area contributed by atoms with E-state index in [0.717, 1.165) is 6.42 Å². The first-order valence-electron chi connectivity index (χ1n) is 5.87. The Kier molecular flexibility index (Phi) is 4.91. The molecule has 1 aliphatic rings. The summed E-state index contributed by atoms with van der Waals surface area (Å²) in [5.74, 6) is -1.25. The molecule has 1 saturated heterocycles. The summed E-state index contributed by atoms with van der Waals surface area (Å²) in [6.07, 6.45) is 1.50. The fraction of sp³-hybridized carbons (Fsp3) is 0.900. The smallest absolute Gasteiger partial charge is 0.306 e. The first-order valence-corrected chi connectivity index (χ1v) is 7.31. The van der Waals surface area contributed by atoms with Crippen LogP contribution in [0.1, 0.15) is 33.1 Å². The minimum atomic E-state index is -3.45. The summed E-state index contributed by atoms with van der Waals surface area (Å²) in [5.41, 5.74) is 0. The summed E-state index contributed by atoms with van der Waals surface area (Å²) in [7, 11) is -3.45. The number of nitrogens with zero attached hydrogens (tertiary/aromatic N) is 1. The molecule has 2 N–H and O–H groups in total. The Labute approximate surface area is 102 Å². The Hall–Kier alpha value is -0.660. The zero-order chi connectivity index (χ0) is 13.1. The normalized spacial score (nSPS) is 21.3. The molecule has 0 amide bonds. The summed E-state index contributed by atoms with van der Waals surface area (Å²) in [6, 6.07) is -0.0998. The van der Waals surface area contributed by atoms with E-state index in [1.807, 2.05) is 13.8 Å². The van der Waals surface area contributed by atoms with E-state index in [1.54, 1.807) is 0 Å². The van der Waals surface area contributed by atoms with E-state index in [-0.39, 0.29) is 19.1 Å². The van der Waals surface area contributed by atoms with Gasteiger partial charge in [0.15, 0.2) is 0 Å². The predicted octanol–water partition coefficient (Wildman–Crippen LogP) is 0.416. The molecule has 7 heteroatoms. The van der Waals surface area contributed by atoms with Gasteiger partial charge in [0, 0.05) is 19.1 Å². The van der Waals surface area contributed by atoms with E-state index < -0.39 is 22.1 Å². The number of piperidine rings is 1. The lowest BCUT2D eigenvalue weighted by atomic mass is 9.99. The molecule has 0 aromatic heterocycles. The fourth-order valence-electron chi connectivity index (χ4n) is 1.76. The van der Waals surface area contributed by atoms with E-state index in [2.05, 4.69) is 4.72 Å². The van der Waals surface area contributed by atoms with E-state index in [0.29, 0.717) is 12.8 Å². The average molecular weight is 264 g/mol. The second kappa shape index (κ2) is 5.79. The minimum Gasteiger partial charge on any atom is -0.481 e. The molecule has 1 heterocycles. The molecular formula is C10H20N2O4S. The zero-order valence-corrected chi connectivity index (χ0v) is 11.0. The maximum absolute atomic E-state index is 11.9. The number of aliphatic carboxylic acids is 1. The van der Waals surface area contributed by atoms with Gasteiger partial charge >= 0.3 is 5.97 Å². The molecule has 1 fully saturated rings. The maximum Gasteiger partial charge on any atom is 0.306 e. The van der Waals surface area contributed by atoms with Crippen molar-refractivity contribution in [1.82, 2.24) is 9.03 Å². The SMILES string of the molecule is CCC(C)NS(=O)(=O)N1CCC(C(=O)O)CC1. The number of carbonyl (C=O) groups is 1. The number of rotatable bonds is 5. The van der Waals surface area contributed by atoms with Crippen LogP contribution in [0.25, 0.3) is 0 Å². The van der Waals surface area contributed by atoms with Crippen molar-refractivity contribution in [3.05, 3.63) is 0 Å². The van der Waals surface area contributed by atoms with E-state index in [9.17, 15) is 13.2 Å². The molecule has 1 atom stereocenters. The van der Waals surface area contributed by atoms with Crippen molar-refractivity contribution < 1.29 is 18.3 Å². The van der Waals surface area contributed by atoms with Crippen molar-refractivity contribution in [2.45, 2.75) is 39.2 Å². The number of hydrogen-bond donors (Lipinski definition) is 2. The van der Waals surface area contributed by atoms with Crippen LogP contribution in [0.2, 0.25) is 0 Å². The van der Waals surface area contributed by atoms with Gasteiger partial charge in [0.25, 0.3) is 10.2 Å². The molecule has 0 saturated carbocycles. The van der Waals surface area contributed by atoms with Crippen LogP contribution < -0.4 is 4.72 Å². The first-order chi connectivity index (χ1) is 7.86. The lowest BCUT2D eigenvalue weighted by Gasteiger charge is -2.30. The third kappa shape index (κ3) is 3.93. The van der Waals surface area contributed by atoms with Crippen molar-refractivity contribution in [1.29, 1.82) is 0 Å². The van der Waals surface area contributed by atoms with Gasteiger partial charge in [0.1, 0.15) is 0 Å². The molecule has 0 radical (unpaired) electrons. The predicted molar refractivity (Wildman–Crippen MR) is 63.7 cm³/mol. The van der Waals surface area contributed by atoms with Gasteiger partial charge in [-0.2, -0.15) is 17.4 Å². The summed E-state index contributed by atoms with van der Waals surface area (Å²) >= 11 is 0. The molecule has 1 unspecified atom stereocenters. The fourth-order valence-corrected chi connectivity index (χ4v) is 3.27. The largest absolute Gasteiger partial charge is 0.481 e. The molecule has 1 rings (SSSR count). The molecule has 0 bridgehead atoms. The molecule has 17 heavy (non-hydrogen) atoms. The Bertz CT molecular complexity index is 361. The van der Waals surface area contributed by atoms with Crippen molar-refractivity contribution in [2.24, 2.45) is 5.92 Å². The summed E-state index contributed by atoms with van der Waals surface area (Å²) < 4.78 is 27.7. The average Bonchev–Trinajstić information content (AvgIpc) is 2.28. The Balaban J connectivity index is 2.56. The van der Waals surface area contributed by atoms with Crippen LogP contribution in [-0.2, 0) is 15.0 Å². The highest BCUT2D eigenvalue weighted by atomic mass is 32.2. The monoisotopic (exact) mass is 264 g/mol. The third-order valence-corrected chi connectivity index (χ3v) is 4.85. The molecule has 0 aromatic rings. The second-order valence-corrected chi connectivity index (χ2v) is 6.15. The second-order valence-electron chi connectivity index (χ2n) is 4.44. The van der Waals surface area contributed by atoms with E-state index >= 15 is 0 Å². The first kappa shape index (κ1) is 14.4. The summed E-state index contributed by atoms with van der Waals surface area (Å²) in [4.78, 5) is 10.8. The van der Waals surface area contributed by atoms with Gasteiger partial charge < -0.3 is 5.11 Å². The van der Waals surface area contributed by atoms with Crippen LogP contribution in [0.15, 0.2) is 0 Å². The lowest BCUT2D eigenvalue weighted by Crippen LogP contribution is -2.48. The van der Waals surface area contributed by atoms with Crippen LogP contribution >= 0.6 is 0 Å². The van der Waals surface area contributed by atoms with Crippen LogP contribution in [0.5, 0.6) is 0 Å². The standard InChI is InChI=1S/C10H20N2O4S/c1-3-8(2)11-17(15,16)12-6-4-9(5-7-12)10(13)14/h8-9,11H,3-7H2,1-2H3,(H,13,14). The summed E-state index contributed by atoms with van der Waals surface area (Å²) in [6.45, 7) is 4.27. The van der Waals surface area contributed by atoms with Crippen molar-refractivity contribution >= 4 is 16.2 Å². The molecule has 0 aromatic carbocycles. The number of nitrogens with one attached hydrogen (secondary N) is 1. The van der Waals surface area contributed by atoms with Gasteiger partial charge in [-0.1, -0.05) is 6.92 Å². The number of carboxylic acids is 1. The van der Waals surface area contributed by atoms with Crippen LogP contribution in [0, 0.1) is 5.92 Å². The van der Waals surface area contributed by atoms with Gasteiger partial charge in [-0.05, 0) is 26.2 Å². The molecule has 6 nitrogen and oxygen atoms in total. The number of hydrogen-bond acceptors (Lipinski definition) is 3. The lowest BCUT2D eigenvalue weighted by molar-refractivity contribution is -0.142. The molecule has 0 spiro atoms. The van der Waals surface area contributed by atoms with E-state index in [1.165, 1.54) is 4.31 Å². The Morgan fingerprint density at radius 3 is 2.41 bits per heavy atom. The van der Waals surface area contributed by atoms with E-state index in [4.69, 9.17) is 5.11 Å². The highest BCUT2D eigenvalue weighted by molar-refractivity contribution is 7.87. The highest BCUT2D eigenvalue weighted by Crippen LogP contribution is 2.19. The highest BCUT2D eigenvalue weighted by Gasteiger charge is 2.31. The Morgan fingerprint density at radius 2 is 2.00 bits per heavy atom. The molecule has 0 aliphatic carbocycles. The molecule has 1 aliphatic heterocycles. The molecule has 100 valence electrons. The quantitative estimate of drug-likeness (QED) is 0.753. The minimum absolute atomic E-state index is 0.0998. The summed E-state index contributed by atoms with van der Waals surface area (Å²) in [5, 5.41) is 8.83. The van der Waals surface area contributed by atoms with Gasteiger partial charge in [-0.25, -0.2) is 0 Å². The Morgan fingerprint density at radius 1 is 1.47 bits per heavy atom. The van der Waals surface area contributed by atoms with Crippen molar-refractivity contribution in [3.63, 3.8) is 0 Å². The van der Waals surface area contributed by atoms with Crippen LogP contribution in [0.4, 0.5) is 0 Å². The van der Waals surface area contributed by atoms with Crippen LogP contribution in [-0.4, -0.2) is 42.9 Å². The van der Waals surface area contributed by atoms with Crippen molar-refractivity contribution in [3.8, 4) is 0 Å². The van der Waals surface area contributed by atoms with Crippen LogP contribution in [0.3, 0.4) is 0 Å². The van der Waals surface area contributed by atoms with Gasteiger partial charge in [0.2, 0.25) is 0 Å². The van der Waals surface area contributed by atoms with Gasteiger partial charge in [-0.3, -0.25) is 4.79 Å². The zero-order valence-electron chi connectivity index (χ0n) is 10.2. The maximum atomic E-state index is 11.9. The topological polar surface area (TPSA) is 86.7 Å². The molecular weight excluding hydrogens is 244 g/mol. The number of carboxylic acid groups (broad SMARTS) is 1.